The van der Waals surface area contributed by atoms with Crippen molar-refractivity contribution in [2.75, 3.05) is 0 Å². The van der Waals surface area contributed by atoms with Gasteiger partial charge in [0.05, 0.1) is 5.56 Å². The Balaban J connectivity index is 1.08. The Bertz CT molecular complexity index is 3640. The normalized spacial score (nSPS) is 11.7. The standard InChI is InChI=1S/C55H33N3O/c1-2-14-35-31-37(28-27-34(35)13-1)36-16-11-17-39(32-36)53-56-54(58-55(57-53)49-25-12-24-47-46-23-9-10-26-51(46)59-52(47)49)48-30-29-45(42-20-6-7-21-43(42)48)50-33-38-15-3-4-18-40(38)41-19-5-8-22-44(41)50/h1-33H. The molecule has 0 aliphatic rings. The van der Waals surface area contributed by atoms with Crippen molar-refractivity contribution >= 4 is 65.0 Å². The minimum Gasteiger partial charge on any atom is -0.455 e. The van der Waals surface area contributed by atoms with Gasteiger partial charge in [0, 0.05) is 21.9 Å². The van der Waals surface area contributed by atoms with Crippen LogP contribution in [0, 0.1) is 0 Å². The molecule has 2 heterocycles. The van der Waals surface area contributed by atoms with Crippen LogP contribution in [0.4, 0.5) is 0 Å². The lowest BCUT2D eigenvalue weighted by molar-refractivity contribution is 0.669. The summed E-state index contributed by atoms with van der Waals surface area (Å²) in [5.74, 6) is 1.74. The maximum Gasteiger partial charge on any atom is 0.167 e. The van der Waals surface area contributed by atoms with E-state index in [0.29, 0.717) is 17.5 Å². The van der Waals surface area contributed by atoms with Gasteiger partial charge in [-0.1, -0.05) is 164 Å². The highest BCUT2D eigenvalue weighted by molar-refractivity contribution is 6.17. The van der Waals surface area contributed by atoms with Crippen molar-refractivity contribution in [2.45, 2.75) is 0 Å². The third-order valence-electron chi connectivity index (χ3n) is 11.7. The SMILES string of the molecule is c1cc(-c2ccc3ccccc3c2)cc(-c2nc(-c3ccc(-c4cc5ccccc5c5ccccc45)c4ccccc34)nc(-c3cccc4c3oc3ccccc34)n2)c1. The molecule has 0 spiro atoms. The topological polar surface area (TPSA) is 51.8 Å². The van der Waals surface area contributed by atoms with Crippen LogP contribution in [0.2, 0.25) is 0 Å². The Hall–Kier alpha value is -7.95. The third-order valence-corrected chi connectivity index (χ3v) is 11.7. The zero-order chi connectivity index (χ0) is 38.9. The van der Waals surface area contributed by atoms with Crippen molar-refractivity contribution in [1.29, 1.82) is 0 Å². The molecule has 0 atom stereocenters. The van der Waals surface area contributed by atoms with E-state index in [4.69, 9.17) is 19.4 Å². The van der Waals surface area contributed by atoms with Crippen LogP contribution in [0.3, 0.4) is 0 Å². The van der Waals surface area contributed by atoms with Crippen molar-refractivity contribution in [3.05, 3.63) is 200 Å². The van der Waals surface area contributed by atoms with Crippen molar-refractivity contribution < 1.29 is 4.42 Å². The molecular weight excluding hydrogens is 719 g/mol. The fraction of sp³-hybridized carbons (Fsp3) is 0. The summed E-state index contributed by atoms with van der Waals surface area (Å²) in [4.78, 5) is 15.8. The molecule has 4 heteroatoms. The summed E-state index contributed by atoms with van der Waals surface area (Å²) in [6, 6.07) is 70.6. The molecule has 0 saturated carbocycles. The molecule has 0 saturated heterocycles. The molecule has 2 aromatic heterocycles. The van der Waals surface area contributed by atoms with Gasteiger partial charge < -0.3 is 4.42 Å². The Morgan fingerprint density at radius 3 is 1.66 bits per heavy atom. The lowest BCUT2D eigenvalue weighted by Gasteiger charge is -2.16. The number of furan rings is 1. The van der Waals surface area contributed by atoms with E-state index < -0.39 is 0 Å². The van der Waals surface area contributed by atoms with Gasteiger partial charge >= 0.3 is 0 Å². The van der Waals surface area contributed by atoms with E-state index in [-0.39, 0.29) is 0 Å². The molecule has 4 nitrogen and oxygen atoms in total. The second-order valence-corrected chi connectivity index (χ2v) is 15.1. The number of para-hydroxylation sites is 2. The second-order valence-electron chi connectivity index (χ2n) is 15.1. The lowest BCUT2D eigenvalue weighted by Crippen LogP contribution is -2.01. The molecule has 0 radical (unpaired) electrons. The fourth-order valence-electron chi connectivity index (χ4n) is 8.88. The molecule has 59 heavy (non-hydrogen) atoms. The number of hydrogen-bond donors (Lipinski definition) is 0. The number of hydrogen-bond acceptors (Lipinski definition) is 4. The summed E-state index contributed by atoms with van der Waals surface area (Å²) in [7, 11) is 0. The first-order valence-electron chi connectivity index (χ1n) is 19.9. The van der Waals surface area contributed by atoms with Gasteiger partial charge in [-0.05, 0) is 102 Å². The highest BCUT2D eigenvalue weighted by Crippen LogP contribution is 2.42. The minimum absolute atomic E-state index is 0.555. The Morgan fingerprint density at radius 2 is 0.831 bits per heavy atom. The van der Waals surface area contributed by atoms with E-state index in [1.54, 1.807) is 0 Å². The van der Waals surface area contributed by atoms with Gasteiger partial charge in [-0.2, -0.15) is 0 Å². The van der Waals surface area contributed by atoms with Crippen molar-refractivity contribution in [3.8, 4) is 56.4 Å². The molecule has 0 fully saturated rings. The molecule has 0 N–H and O–H groups in total. The monoisotopic (exact) mass is 751 g/mol. The van der Waals surface area contributed by atoms with E-state index in [1.165, 1.54) is 37.9 Å². The van der Waals surface area contributed by atoms with Crippen LogP contribution in [0.1, 0.15) is 0 Å². The van der Waals surface area contributed by atoms with Gasteiger partial charge in [-0.15, -0.1) is 0 Å². The number of benzene rings is 10. The summed E-state index contributed by atoms with van der Waals surface area (Å²) < 4.78 is 6.54. The maximum atomic E-state index is 6.54. The van der Waals surface area contributed by atoms with E-state index in [1.807, 2.05) is 24.3 Å². The van der Waals surface area contributed by atoms with Gasteiger partial charge in [0.1, 0.15) is 11.2 Å². The van der Waals surface area contributed by atoms with Crippen LogP contribution in [0.15, 0.2) is 205 Å². The highest BCUT2D eigenvalue weighted by atomic mass is 16.3. The molecule has 0 aliphatic carbocycles. The lowest BCUT2D eigenvalue weighted by atomic mass is 9.89. The second kappa shape index (κ2) is 13.3. The van der Waals surface area contributed by atoms with Gasteiger partial charge in [0.25, 0.3) is 0 Å². The molecule has 0 unspecified atom stereocenters. The van der Waals surface area contributed by atoms with Crippen LogP contribution >= 0.6 is 0 Å². The maximum absolute atomic E-state index is 6.54. The molecule has 12 rings (SSSR count). The smallest absolute Gasteiger partial charge is 0.167 e. The van der Waals surface area contributed by atoms with E-state index in [2.05, 4.69) is 176 Å². The predicted octanol–water partition coefficient (Wildman–Crippen LogP) is 14.7. The van der Waals surface area contributed by atoms with Crippen molar-refractivity contribution in [3.63, 3.8) is 0 Å². The quantitative estimate of drug-likeness (QED) is 0.164. The first-order chi connectivity index (χ1) is 29.2. The minimum atomic E-state index is 0.555. The first-order valence-corrected chi connectivity index (χ1v) is 19.9. The average Bonchev–Trinajstić information content (AvgIpc) is 3.70. The zero-order valence-electron chi connectivity index (χ0n) is 31.8. The Labute approximate surface area is 339 Å². The Morgan fingerprint density at radius 1 is 0.271 bits per heavy atom. The van der Waals surface area contributed by atoms with E-state index in [9.17, 15) is 0 Å². The van der Waals surface area contributed by atoms with Crippen LogP contribution in [-0.2, 0) is 0 Å². The molecule has 274 valence electrons. The summed E-state index contributed by atoms with van der Waals surface area (Å²) in [5, 5.41) is 11.6. The van der Waals surface area contributed by atoms with Gasteiger partial charge in [-0.25, -0.2) is 15.0 Å². The summed E-state index contributed by atoms with van der Waals surface area (Å²) >= 11 is 0. The molecule has 0 aliphatic heterocycles. The summed E-state index contributed by atoms with van der Waals surface area (Å²) in [6.45, 7) is 0. The van der Waals surface area contributed by atoms with Crippen LogP contribution < -0.4 is 0 Å². The van der Waals surface area contributed by atoms with Gasteiger partial charge in [-0.3, -0.25) is 0 Å². The largest absolute Gasteiger partial charge is 0.455 e. The van der Waals surface area contributed by atoms with Crippen molar-refractivity contribution in [2.24, 2.45) is 0 Å². The molecule has 0 bridgehead atoms. The zero-order valence-corrected chi connectivity index (χ0v) is 31.8. The summed E-state index contributed by atoms with van der Waals surface area (Å²) in [6.07, 6.45) is 0. The van der Waals surface area contributed by atoms with Crippen LogP contribution in [0.25, 0.3) is 121 Å². The Kier molecular flexibility index (Phi) is 7.50. The predicted molar refractivity (Wildman–Crippen MR) is 244 cm³/mol. The summed E-state index contributed by atoms with van der Waals surface area (Å²) in [5.41, 5.74) is 8.82. The van der Waals surface area contributed by atoms with E-state index in [0.717, 1.165) is 66.1 Å². The number of fused-ring (bicyclic) bond motifs is 8. The highest BCUT2D eigenvalue weighted by Gasteiger charge is 2.20. The van der Waals surface area contributed by atoms with E-state index >= 15 is 0 Å². The number of aromatic nitrogens is 3. The fourth-order valence-corrected chi connectivity index (χ4v) is 8.88. The molecular formula is C55H33N3O. The average molecular weight is 752 g/mol. The molecule has 12 aromatic rings. The molecule has 10 aromatic carbocycles. The van der Waals surface area contributed by atoms with Gasteiger partial charge in [0.15, 0.2) is 17.5 Å². The third kappa shape index (κ3) is 5.49. The number of nitrogens with zero attached hydrogens (tertiary/aromatic N) is 3. The first kappa shape index (κ1) is 33.2. The number of rotatable bonds is 5. The molecule has 0 amide bonds. The van der Waals surface area contributed by atoms with Crippen molar-refractivity contribution in [1.82, 2.24) is 15.0 Å². The van der Waals surface area contributed by atoms with Crippen LogP contribution in [-0.4, -0.2) is 15.0 Å². The van der Waals surface area contributed by atoms with Crippen LogP contribution in [0.5, 0.6) is 0 Å². The van der Waals surface area contributed by atoms with Gasteiger partial charge in [0.2, 0.25) is 0 Å².